The van der Waals surface area contributed by atoms with Crippen LogP contribution >= 0.6 is 54.5 Å². The first-order valence-electron chi connectivity index (χ1n) is 6.21. The van der Waals surface area contributed by atoms with E-state index in [1.165, 1.54) is 22.7 Å². The van der Waals surface area contributed by atoms with Crippen LogP contribution in [-0.2, 0) is 0 Å². The fourth-order valence-electron chi connectivity index (χ4n) is 2.29. The van der Waals surface area contributed by atoms with Crippen LogP contribution in [0.1, 0.15) is 0 Å². The van der Waals surface area contributed by atoms with Crippen molar-refractivity contribution in [3.8, 4) is 20.9 Å². The first-order valence-corrected chi connectivity index (χ1v) is 11.0. The number of aromatic nitrogens is 2. The molecule has 0 fully saturated rings. The number of nitrogens with zero attached hydrogens (tertiary/aromatic N) is 2. The van der Waals surface area contributed by atoms with Gasteiger partial charge in [-0.05, 0) is 0 Å². The van der Waals surface area contributed by atoms with Crippen molar-refractivity contribution in [3.63, 3.8) is 0 Å². The summed E-state index contributed by atoms with van der Waals surface area (Å²) in [5, 5.41) is 0. The number of hydrogen-bond acceptors (Lipinski definition) is 4. The van der Waals surface area contributed by atoms with Gasteiger partial charge in [-0.2, -0.15) is 0 Å². The van der Waals surface area contributed by atoms with E-state index in [0.29, 0.717) is 20.8 Å². The summed E-state index contributed by atoms with van der Waals surface area (Å²) in [7, 11) is 0. The Labute approximate surface area is 160 Å². The molecule has 0 spiro atoms. The molecule has 3 aromatic heterocycles. The molecule has 1 aromatic carbocycles. The van der Waals surface area contributed by atoms with Crippen LogP contribution in [-0.4, -0.2) is 22.9 Å². The molecule has 0 aliphatic carbocycles. The second-order valence-electron chi connectivity index (χ2n) is 4.55. The Morgan fingerprint density at radius 2 is 1.22 bits per heavy atom. The molecule has 4 aromatic rings. The third kappa shape index (κ3) is 2.67. The van der Waals surface area contributed by atoms with Gasteiger partial charge in [0.2, 0.25) is 0 Å². The molecule has 0 N–H and O–H groups in total. The van der Waals surface area contributed by atoms with Crippen molar-refractivity contribution in [2.24, 2.45) is 0 Å². The third-order valence-corrected chi connectivity index (χ3v) is 7.62. The molecule has 0 saturated heterocycles. The van der Waals surface area contributed by atoms with Gasteiger partial charge in [-0.25, -0.2) is 0 Å². The van der Waals surface area contributed by atoms with E-state index >= 15 is 0 Å². The SMILES string of the molecule is Fc1c(F)c(-c2ccc(Br)s2)c2n[se]nc2c1-c1ccc(Br)s1. The first kappa shape index (κ1) is 16.1. The first-order chi connectivity index (χ1) is 11.1. The Morgan fingerprint density at radius 3 is 1.57 bits per heavy atom. The van der Waals surface area contributed by atoms with Gasteiger partial charge in [0, 0.05) is 0 Å². The Balaban J connectivity index is 2.09. The molecule has 0 aliphatic rings. The van der Waals surface area contributed by atoms with Gasteiger partial charge in [-0.1, -0.05) is 0 Å². The fraction of sp³-hybridized carbons (Fsp3) is 0. The molecular formula is C14H4Br2F2N2S2Se. The van der Waals surface area contributed by atoms with Crippen LogP contribution in [0.5, 0.6) is 0 Å². The van der Waals surface area contributed by atoms with Crippen LogP contribution in [0.2, 0.25) is 0 Å². The zero-order valence-electron chi connectivity index (χ0n) is 10.9. The van der Waals surface area contributed by atoms with Crippen molar-refractivity contribution in [3.05, 3.63) is 43.5 Å². The molecule has 2 nitrogen and oxygen atoms in total. The predicted octanol–water partition coefficient (Wildman–Crippen LogP) is 5.95. The van der Waals surface area contributed by atoms with Crippen LogP contribution in [0.25, 0.3) is 31.9 Å². The molecule has 4 rings (SSSR count). The fourth-order valence-corrected chi connectivity index (χ4v) is 6.32. The third-order valence-electron chi connectivity index (χ3n) is 3.23. The minimum absolute atomic E-state index is 0.204. The number of fused-ring (bicyclic) bond motifs is 1. The Kier molecular flexibility index (Phi) is 4.28. The quantitative estimate of drug-likeness (QED) is 0.294. The van der Waals surface area contributed by atoms with Gasteiger partial charge in [0.15, 0.2) is 0 Å². The molecular weight excluding hydrogens is 537 g/mol. The molecule has 0 atom stereocenters. The van der Waals surface area contributed by atoms with E-state index in [1.54, 1.807) is 12.1 Å². The van der Waals surface area contributed by atoms with Crippen molar-refractivity contribution in [2.45, 2.75) is 0 Å². The second-order valence-corrected chi connectivity index (χ2v) is 10.6. The molecule has 116 valence electrons. The van der Waals surface area contributed by atoms with Gasteiger partial charge in [0.05, 0.1) is 0 Å². The number of halogens is 4. The zero-order chi connectivity index (χ0) is 16.1. The number of benzene rings is 1. The van der Waals surface area contributed by atoms with E-state index in [0.717, 1.165) is 7.57 Å². The summed E-state index contributed by atoms with van der Waals surface area (Å²) in [4.78, 5) is 1.28. The average Bonchev–Trinajstić information content (AvgIpc) is 3.23. The molecule has 0 bridgehead atoms. The van der Waals surface area contributed by atoms with Crippen LogP contribution in [0.15, 0.2) is 31.8 Å². The summed E-state index contributed by atoms with van der Waals surface area (Å²) in [5.41, 5.74) is 1.32. The van der Waals surface area contributed by atoms with Crippen molar-refractivity contribution in [2.75, 3.05) is 0 Å². The minimum atomic E-state index is -0.866. The predicted molar refractivity (Wildman–Crippen MR) is 98.4 cm³/mol. The maximum atomic E-state index is 14.8. The molecule has 23 heavy (non-hydrogen) atoms. The summed E-state index contributed by atoms with van der Waals surface area (Å²) in [6, 6.07) is 7.14. The normalized spacial score (nSPS) is 11.5. The van der Waals surface area contributed by atoms with Crippen molar-refractivity contribution in [1.82, 2.24) is 7.96 Å². The molecule has 0 aliphatic heterocycles. The van der Waals surface area contributed by atoms with Gasteiger partial charge in [-0.15, -0.1) is 0 Å². The molecule has 3 heterocycles. The molecule has 0 amide bonds. The van der Waals surface area contributed by atoms with E-state index in [-0.39, 0.29) is 26.1 Å². The van der Waals surface area contributed by atoms with E-state index in [4.69, 9.17) is 0 Å². The van der Waals surface area contributed by atoms with Gasteiger partial charge < -0.3 is 0 Å². The summed E-state index contributed by atoms with van der Waals surface area (Å²) in [6.45, 7) is 0. The number of thiophene rings is 2. The molecule has 0 unspecified atom stereocenters. The summed E-state index contributed by atoms with van der Waals surface area (Å²) < 4.78 is 40.1. The standard InChI is InChI=1S/C14H4Br2F2N2S2Se/c15-7-3-1-5(21-7)9-11(17)12(18)10(6-2-4-8(16)22-6)14-13(9)19-23-20-14/h1-4H. The van der Waals surface area contributed by atoms with Crippen LogP contribution in [0.4, 0.5) is 8.78 Å². The number of rotatable bonds is 2. The summed E-state index contributed by atoms with van der Waals surface area (Å²) >= 11 is 9.02. The topological polar surface area (TPSA) is 25.8 Å². The molecule has 0 radical (unpaired) electrons. The Bertz CT molecular complexity index is 961. The van der Waals surface area contributed by atoms with Crippen molar-refractivity contribution in [1.29, 1.82) is 0 Å². The van der Waals surface area contributed by atoms with Gasteiger partial charge in [0.1, 0.15) is 0 Å². The zero-order valence-corrected chi connectivity index (χ0v) is 17.5. The summed E-state index contributed by atoms with van der Waals surface area (Å²) in [5.74, 6) is -1.73. The Morgan fingerprint density at radius 1 is 0.783 bits per heavy atom. The molecule has 0 saturated carbocycles. The monoisotopic (exact) mass is 540 g/mol. The van der Waals surface area contributed by atoms with Gasteiger partial charge >= 0.3 is 162 Å². The van der Waals surface area contributed by atoms with E-state index in [9.17, 15) is 8.78 Å². The average molecular weight is 541 g/mol. The van der Waals surface area contributed by atoms with E-state index in [2.05, 4.69) is 39.8 Å². The van der Waals surface area contributed by atoms with Crippen LogP contribution in [0, 0.1) is 11.6 Å². The van der Waals surface area contributed by atoms with Crippen LogP contribution in [0.3, 0.4) is 0 Å². The summed E-state index contributed by atoms with van der Waals surface area (Å²) in [6.07, 6.45) is 0. The van der Waals surface area contributed by atoms with Crippen molar-refractivity contribution >= 4 is 80.5 Å². The van der Waals surface area contributed by atoms with Crippen molar-refractivity contribution < 1.29 is 8.78 Å². The van der Waals surface area contributed by atoms with E-state index < -0.39 is 11.6 Å². The van der Waals surface area contributed by atoms with Gasteiger partial charge in [0.25, 0.3) is 0 Å². The molecule has 9 heteroatoms. The second kappa shape index (κ2) is 6.13. The van der Waals surface area contributed by atoms with Crippen LogP contribution < -0.4 is 0 Å². The maximum absolute atomic E-state index is 14.8. The van der Waals surface area contributed by atoms with Gasteiger partial charge in [-0.3, -0.25) is 0 Å². The Hall–Kier alpha value is -0.441. The van der Waals surface area contributed by atoms with E-state index in [1.807, 2.05) is 12.1 Å². The number of hydrogen-bond donors (Lipinski definition) is 0.